The van der Waals surface area contributed by atoms with E-state index in [-0.39, 0.29) is 6.04 Å². The van der Waals surface area contributed by atoms with Crippen molar-refractivity contribution in [1.29, 1.82) is 0 Å². The number of thiazole rings is 1. The molecule has 1 aliphatic heterocycles. The van der Waals surface area contributed by atoms with Crippen LogP contribution in [0.1, 0.15) is 17.8 Å². The fourth-order valence-corrected chi connectivity index (χ4v) is 2.59. The van der Waals surface area contributed by atoms with Gasteiger partial charge in [-0.2, -0.15) is 0 Å². The molecular weight excluding hydrogens is 226 g/mol. The number of nitrogens with one attached hydrogen (secondary N) is 1. The van der Waals surface area contributed by atoms with Gasteiger partial charge in [-0.05, 0) is 12.8 Å². The quantitative estimate of drug-likeness (QED) is 0.839. The van der Waals surface area contributed by atoms with Crippen LogP contribution < -0.4 is 5.32 Å². The Labute approximate surface area is 98.1 Å². The van der Waals surface area contributed by atoms with E-state index in [0.29, 0.717) is 0 Å². The van der Waals surface area contributed by atoms with E-state index in [1.807, 2.05) is 11.6 Å². The van der Waals surface area contributed by atoms with Crippen LogP contribution in [0.2, 0.25) is 0 Å². The van der Waals surface area contributed by atoms with Crippen LogP contribution in [0, 0.1) is 0 Å². The van der Waals surface area contributed by atoms with Crippen LogP contribution in [-0.4, -0.2) is 40.2 Å². The molecule has 16 heavy (non-hydrogen) atoms. The lowest BCUT2D eigenvalue weighted by Crippen LogP contribution is -2.43. The number of hydrogen-bond donors (Lipinski definition) is 2. The Hall–Kier alpha value is -1.14. The highest BCUT2D eigenvalue weighted by Crippen LogP contribution is 2.14. The molecule has 0 bridgehead atoms. The van der Waals surface area contributed by atoms with Crippen molar-refractivity contribution in [2.24, 2.45) is 0 Å². The average molecular weight is 241 g/mol. The zero-order chi connectivity index (χ0) is 11.4. The van der Waals surface area contributed by atoms with Crippen LogP contribution in [0.25, 0.3) is 0 Å². The number of amides is 1. The monoisotopic (exact) mass is 241 g/mol. The SMILES string of the molecule is O=C(O)NC1CCN(Cc2nccs2)CC1. The van der Waals surface area contributed by atoms with E-state index in [4.69, 9.17) is 5.11 Å². The van der Waals surface area contributed by atoms with Crippen molar-refractivity contribution >= 4 is 17.4 Å². The first kappa shape index (κ1) is 11.3. The first-order chi connectivity index (χ1) is 7.74. The molecule has 5 nitrogen and oxygen atoms in total. The summed E-state index contributed by atoms with van der Waals surface area (Å²) in [5, 5.41) is 14.3. The van der Waals surface area contributed by atoms with Crippen molar-refractivity contribution in [2.45, 2.75) is 25.4 Å². The number of likely N-dealkylation sites (tertiary alicyclic amines) is 1. The van der Waals surface area contributed by atoms with Crippen molar-refractivity contribution in [3.8, 4) is 0 Å². The third kappa shape index (κ3) is 3.18. The second kappa shape index (κ2) is 5.27. The summed E-state index contributed by atoms with van der Waals surface area (Å²) in [5.41, 5.74) is 0. The summed E-state index contributed by atoms with van der Waals surface area (Å²) in [7, 11) is 0. The lowest BCUT2D eigenvalue weighted by atomic mass is 10.1. The molecule has 2 N–H and O–H groups in total. The van der Waals surface area contributed by atoms with Gasteiger partial charge in [0.15, 0.2) is 0 Å². The van der Waals surface area contributed by atoms with Crippen molar-refractivity contribution in [1.82, 2.24) is 15.2 Å². The van der Waals surface area contributed by atoms with E-state index in [1.165, 1.54) is 0 Å². The molecule has 1 saturated heterocycles. The topological polar surface area (TPSA) is 65.5 Å². The molecule has 2 heterocycles. The van der Waals surface area contributed by atoms with Gasteiger partial charge in [-0.3, -0.25) is 4.90 Å². The second-order valence-corrected chi connectivity index (χ2v) is 4.90. The van der Waals surface area contributed by atoms with Crippen molar-refractivity contribution < 1.29 is 9.90 Å². The van der Waals surface area contributed by atoms with E-state index >= 15 is 0 Å². The Kier molecular flexibility index (Phi) is 3.74. The number of carbonyl (C=O) groups is 1. The minimum atomic E-state index is -0.918. The number of hydrogen-bond acceptors (Lipinski definition) is 4. The van der Waals surface area contributed by atoms with E-state index < -0.39 is 6.09 Å². The van der Waals surface area contributed by atoms with Gasteiger partial charge in [0, 0.05) is 30.7 Å². The maximum atomic E-state index is 10.5. The molecule has 0 radical (unpaired) electrons. The summed E-state index contributed by atoms with van der Waals surface area (Å²) in [5.74, 6) is 0. The molecule has 88 valence electrons. The van der Waals surface area contributed by atoms with Gasteiger partial charge < -0.3 is 10.4 Å². The third-order valence-corrected chi connectivity index (χ3v) is 3.52. The molecule has 1 aromatic rings. The largest absolute Gasteiger partial charge is 0.465 e. The number of piperidine rings is 1. The van der Waals surface area contributed by atoms with Crippen molar-refractivity contribution in [2.75, 3.05) is 13.1 Å². The summed E-state index contributed by atoms with van der Waals surface area (Å²) >= 11 is 1.67. The molecule has 0 aromatic carbocycles. The number of nitrogens with zero attached hydrogens (tertiary/aromatic N) is 2. The lowest BCUT2D eigenvalue weighted by molar-refractivity contribution is 0.165. The van der Waals surface area contributed by atoms with Gasteiger partial charge in [0.1, 0.15) is 5.01 Å². The summed E-state index contributed by atoms with van der Waals surface area (Å²) in [6.07, 6.45) is 2.67. The van der Waals surface area contributed by atoms with Crippen LogP contribution in [-0.2, 0) is 6.54 Å². The van der Waals surface area contributed by atoms with Crippen LogP contribution in [0.5, 0.6) is 0 Å². The molecular formula is C10H15N3O2S. The standard InChI is InChI=1S/C10H15N3O2S/c14-10(15)12-8-1-4-13(5-2-8)7-9-11-3-6-16-9/h3,6,8,12H,1-2,4-5,7H2,(H,14,15). The summed E-state index contributed by atoms with van der Waals surface area (Å²) in [4.78, 5) is 17.0. The fourth-order valence-electron chi connectivity index (χ4n) is 1.93. The van der Waals surface area contributed by atoms with Gasteiger partial charge in [0.25, 0.3) is 0 Å². The second-order valence-electron chi connectivity index (χ2n) is 3.93. The molecule has 6 heteroatoms. The Morgan fingerprint density at radius 2 is 2.38 bits per heavy atom. The van der Waals surface area contributed by atoms with Crippen LogP contribution in [0.4, 0.5) is 4.79 Å². The minimum Gasteiger partial charge on any atom is -0.465 e. The van der Waals surface area contributed by atoms with E-state index in [9.17, 15) is 4.79 Å². The molecule has 0 unspecified atom stereocenters. The minimum absolute atomic E-state index is 0.116. The zero-order valence-corrected chi connectivity index (χ0v) is 9.74. The molecule has 0 atom stereocenters. The number of rotatable bonds is 3. The van der Waals surface area contributed by atoms with Gasteiger partial charge in [0.05, 0.1) is 6.54 Å². The van der Waals surface area contributed by atoms with E-state index in [1.54, 1.807) is 11.3 Å². The molecule has 1 fully saturated rings. The maximum Gasteiger partial charge on any atom is 0.404 e. The first-order valence-corrected chi connectivity index (χ1v) is 6.22. The third-order valence-electron chi connectivity index (χ3n) is 2.76. The van der Waals surface area contributed by atoms with Crippen molar-refractivity contribution in [3.05, 3.63) is 16.6 Å². The summed E-state index contributed by atoms with van der Waals surface area (Å²) in [6.45, 7) is 2.76. The van der Waals surface area contributed by atoms with Gasteiger partial charge in [-0.25, -0.2) is 9.78 Å². The Balaban J connectivity index is 1.75. The molecule has 1 aromatic heterocycles. The Morgan fingerprint density at radius 1 is 1.62 bits per heavy atom. The van der Waals surface area contributed by atoms with Crippen LogP contribution >= 0.6 is 11.3 Å². The summed E-state index contributed by atoms with van der Waals surface area (Å²) in [6, 6.07) is 0.116. The lowest BCUT2D eigenvalue weighted by Gasteiger charge is -2.31. The van der Waals surface area contributed by atoms with E-state index in [2.05, 4.69) is 15.2 Å². The van der Waals surface area contributed by atoms with E-state index in [0.717, 1.165) is 37.5 Å². The van der Waals surface area contributed by atoms with Gasteiger partial charge in [-0.15, -0.1) is 11.3 Å². The Morgan fingerprint density at radius 3 is 2.94 bits per heavy atom. The molecule has 1 amide bonds. The van der Waals surface area contributed by atoms with Gasteiger partial charge in [-0.1, -0.05) is 0 Å². The first-order valence-electron chi connectivity index (χ1n) is 5.34. The highest BCUT2D eigenvalue weighted by atomic mass is 32.1. The van der Waals surface area contributed by atoms with Crippen LogP contribution in [0.3, 0.4) is 0 Å². The van der Waals surface area contributed by atoms with Crippen molar-refractivity contribution in [3.63, 3.8) is 0 Å². The molecule has 0 aliphatic carbocycles. The van der Waals surface area contributed by atoms with Crippen LogP contribution in [0.15, 0.2) is 11.6 Å². The molecule has 0 spiro atoms. The molecule has 2 rings (SSSR count). The molecule has 1 aliphatic rings. The predicted octanol–water partition coefficient (Wildman–Crippen LogP) is 1.38. The fraction of sp³-hybridized carbons (Fsp3) is 0.600. The average Bonchev–Trinajstić information content (AvgIpc) is 2.73. The zero-order valence-electron chi connectivity index (χ0n) is 8.93. The maximum absolute atomic E-state index is 10.5. The molecule has 0 saturated carbocycles. The highest BCUT2D eigenvalue weighted by Gasteiger charge is 2.20. The normalized spacial score (nSPS) is 18.5. The van der Waals surface area contributed by atoms with Gasteiger partial charge in [0.2, 0.25) is 0 Å². The predicted molar refractivity (Wildman–Crippen MR) is 61.6 cm³/mol. The smallest absolute Gasteiger partial charge is 0.404 e. The highest BCUT2D eigenvalue weighted by molar-refractivity contribution is 7.09. The number of aromatic nitrogens is 1. The Bertz CT molecular complexity index is 334. The summed E-state index contributed by atoms with van der Waals surface area (Å²) < 4.78 is 0. The number of carboxylic acid groups (broad SMARTS) is 1. The van der Waals surface area contributed by atoms with Gasteiger partial charge >= 0.3 is 6.09 Å².